The number of carbonyl (C=O) groups excluding carboxylic acids is 1. The fourth-order valence-electron chi connectivity index (χ4n) is 2.16. The summed E-state index contributed by atoms with van der Waals surface area (Å²) in [5, 5.41) is 6.53. The lowest BCUT2D eigenvalue weighted by molar-refractivity contribution is 0.102. The van der Waals surface area contributed by atoms with Crippen molar-refractivity contribution in [2.45, 2.75) is 0 Å². The van der Waals surface area contributed by atoms with Crippen molar-refractivity contribution in [3.05, 3.63) is 70.5 Å². The van der Waals surface area contributed by atoms with Crippen LogP contribution in [0, 0.1) is 0 Å². The van der Waals surface area contributed by atoms with Crippen molar-refractivity contribution in [3.8, 4) is 5.75 Å². The SMILES string of the molecule is COc1ccccc1Nc1ncc(C(=O)Nc2ccc(Cl)c(Cl)c2)cn1. The van der Waals surface area contributed by atoms with Gasteiger partial charge >= 0.3 is 0 Å². The van der Waals surface area contributed by atoms with Crippen LogP contribution in [0.2, 0.25) is 10.0 Å². The molecule has 6 nitrogen and oxygen atoms in total. The zero-order chi connectivity index (χ0) is 18.5. The lowest BCUT2D eigenvalue weighted by Crippen LogP contribution is -2.13. The van der Waals surface area contributed by atoms with E-state index in [1.165, 1.54) is 12.4 Å². The molecule has 1 aromatic heterocycles. The van der Waals surface area contributed by atoms with E-state index in [1.54, 1.807) is 25.3 Å². The molecular weight excluding hydrogens is 375 g/mol. The van der Waals surface area contributed by atoms with Gasteiger partial charge in [-0.3, -0.25) is 4.79 Å². The highest BCUT2D eigenvalue weighted by Gasteiger charge is 2.10. The van der Waals surface area contributed by atoms with Crippen LogP contribution < -0.4 is 15.4 Å². The first-order chi connectivity index (χ1) is 12.6. The Balaban J connectivity index is 1.70. The Morgan fingerprint density at radius 2 is 1.77 bits per heavy atom. The van der Waals surface area contributed by atoms with E-state index in [2.05, 4.69) is 20.6 Å². The molecule has 3 aromatic rings. The van der Waals surface area contributed by atoms with Gasteiger partial charge in [0, 0.05) is 18.1 Å². The molecule has 1 heterocycles. The number of methoxy groups -OCH3 is 1. The van der Waals surface area contributed by atoms with Gasteiger partial charge in [0.25, 0.3) is 5.91 Å². The first-order valence-electron chi connectivity index (χ1n) is 7.55. The van der Waals surface area contributed by atoms with Crippen LogP contribution in [0.4, 0.5) is 17.3 Å². The van der Waals surface area contributed by atoms with Gasteiger partial charge in [-0.15, -0.1) is 0 Å². The van der Waals surface area contributed by atoms with Crippen molar-refractivity contribution in [2.75, 3.05) is 17.7 Å². The third-order valence-electron chi connectivity index (χ3n) is 3.44. The average Bonchev–Trinajstić information content (AvgIpc) is 2.66. The lowest BCUT2D eigenvalue weighted by Gasteiger charge is -2.10. The molecule has 0 unspecified atom stereocenters. The Bertz CT molecular complexity index is 933. The number of para-hydroxylation sites is 2. The van der Waals surface area contributed by atoms with Gasteiger partial charge < -0.3 is 15.4 Å². The molecule has 26 heavy (non-hydrogen) atoms. The largest absolute Gasteiger partial charge is 0.495 e. The number of hydrogen-bond acceptors (Lipinski definition) is 5. The molecule has 0 aliphatic carbocycles. The highest BCUT2D eigenvalue weighted by Crippen LogP contribution is 2.26. The molecule has 0 aliphatic heterocycles. The zero-order valence-electron chi connectivity index (χ0n) is 13.7. The molecule has 2 aromatic carbocycles. The molecule has 3 rings (SSSR count). The quantitative estimate of drug-likeness (QED) is 0.656. The second kappa shape index (κ2) is 8.03. The summed E-state index contributed by atoms with van der Waals surface area (Å²) in [4.78, 5) is 20.6. The minimum atomic E-state index is -0.354. The lowest BCUT2D eigenvalue weighted by atomic mass is 10.2. The number of amides is 1. The number of aromatic nitrogens is 2. The summed E-state index contributed by atoms with van der Waals surface area (Å²) in [6, 6.07) is 12.2. The van der Waals surface area contributed by atoms with Gasteiger partial charge in [0.2, 0.25) is 5.95 Å². The van der Waals surface area contributed by atoms with E-state index < -0.39 is 0 Å². The number of benzene rings is 2. The van der Waals surface area contributed by atoms with Crippen molar-refractivity contribution in [2.24, 2.45) is 0 Å². The highest BCUT2D eigenvalue weighted by atomic mass is 35.5. The molecule has 0 aliphatic rings. The Labute approximate surface area is 160 Å². The van der Waals surface area contributed by atoms with Gasteiger partial charge in [-0.25, -0.2) is 9.97 Å². The van der Waals surface area contributed by atoms with Crippen LogP contribution in [0.25, 0.3) is 0 Å². The van der Waals surface area contributed by atoms with Gasteiger partial charge in [0.05, 0.1) is 28.4 Å². The fourth-order valence-corrected chi connectivity index (χ4v) is 2.45. The predicted octanol–water partition coefficient (Wildman–Crippen LogP) is 4.79. The summed E-state index contributed by atoms with van der Waals surface area (Å²) >= 11 is 11.8. The van der Waals surface area contributed by atoms with E-state index in [0.717, 1.165) is 5.69 Å². The van der Waals surface area contributed by atoms with E-state index in [0.29, 0.717) is 33.0 Å². The minimum Gasteiger partial charge on any atom is -0.495 e. The van der Waals surface area contributed by atoms with Gasteiger partial charge in [0.1, 0.15) is 5.75 Å². The summed E-state index contributed by atoms with van der Waals surface area (Å²) < 4.78 is 5.26. The van der Waals surface area contributed by atoms with Crippen molar-refractivity contribution < 1.29 is 9.53 Å². The molecule has 0 bridgehead atoms. The standard InChI is InChI=1S/C18H14Cl2N4O2/c1-26-16-5-3-2-4-15(16)24-18-21-9-11(10-22-18)17(25)23-12-6-7-13(19)14(20)8-12/h2-10H,1H3,(H,23,25)(H,21,22,24). The molecule has 1 amide bonds. The molecule has 0 saturated heterocycles. The maximum atomic E-state index is 12.3. The third-order valence-corrected chi connectivity index (χ3v) is 4.18. The van der Waals surface area contributed by atoms with E-state index in [1.807, 2.05) is 24.3 Å². The number of nitrogens with zero attached hydrogens (tertiary/aromatic N) is 2. The first-order valence-corrected chi connectivity index (χ1v) is 8.31. The summed E-state index contributed by atoms with van der Waals surface area (Å²) in [5.41, 5.74) is 1.56. The topological polar surface area (TPSA) is 76.1 Å². The molecule has 0 saturated carbocycles. The molecule has 132 valence electrons. The average molecular weight is 389 g/mol. The van der Waals surface area contributed by atoms with Crippen molar-refractivity contribution in [3.63, 3.8) is 0 Å². The van der Waals surface area contributed by atoms with Crippen molar-refractivity contribution in [1.82, 2.24) is 9.97 Å². The van der Waals surface area contributed by atoms with Crippen LogP contribution in [0.5, 0.6) is 5.75 Å². The van der Waals surface area contributed by atoms with Crippen LogP contribution in [0.15, 0.2) is 54.9 Å². The normalized spacial score (nSPS) is 10.3. The summed E-state index contributed by atoms with van der Waals surface area (Å²) in [7, 11) is 1.58. The number of nitrogens with one attached hydrogen (secondary N) is 2. The van der Waals surface area contributed by atoms with E-state index >= 15 is 0 Å². The third kappa shape index (κ3) is 4.22. The van der Waals surface area contributed by atoms with Crippen molar-refractivity contribution >= 4 is 46.4 Å². The number of rotatable bonds is 5. The van der Waals surface area contributed by atoms with Crippen LogP contribution in [0.1, 0.15) is 10.4 Å². The summed E-state index contributed by atoms with van der Waals surface area (Å²) in [6.45, 7) is 0. The maximum Gasteiger partial charge on any atom is 0.258 e. The van der Waals surface area contributed by atoms with Crippen LogP contribution in [0.3, 0.4) is 0 Å². The smallest absolute Gasteiger partial charge is 0.258 e. The van der Waals surface area contributed by atoms with Crippen LogP contribution in [-0.4, -0.2) is 23.0 Å². The van der Waals surface area contributed by atoms with Gasteiger partial charge in [-0.05, 0) is 30.3 Å². The first kappa shape index (κ1) is 18.0. The zero-order valence-corrected chi connectivity index (χ0v) is 15.2. The predicted molar refractivity (Wildman–Crippen MR) is 103 cm³/mol. The van der Waals surface area contributed by atoms with Crippen LogP contribution >= 0.6 is 23.2 Å². The highest BCUT2D eigenvalue weighted by molar-refractivity contribution is 6.42. The summed E-state index contributed by atoms with van der Waals surface area (Å²) in [5.74, 6) is 0.658. The molecule has 0 fully saturated rings. The van der Waals surface area contributed by atoms with Gasteiger partial charge in [-0.2, -0.15) is 0 Å². The molecular formula is C18H14Cl2N4O2. The summed E-state index contributed by atoms with van der Waals surface area (Å²) in [6.07, 6.45) is 2.86. The molecule has 0 spiro atoms. The van der Waals surface area contributed by atoms with Crippen molar-refractivity contribution in [1.29, 1.82) is 0 Å². The van der Waals surface area contributed by atoms with Gasteiger partial charge in [-0.1, -0.05) is 35.3 Å². The fraction of sp³-hybridized carbons (Fsp3) is 0.0556. The Morgan fingerprint density at radius 1 is 1.04 bits per heavy atom. The minimum absolute atomic E-state index is 0.307. The Hall–Kier alpha value is -2.83. The monoisotopic (exact) mass is 388 g/mol. The number of halogens is 2. The molecule has 8 heteroatoms. The molecule has 0 atom stereocenters. The number of anilines is 3. The number of hydrogen-bond donors (Lipinski definition) is 2. The number of carbonyl (C=O) groups is 1. The second-order valence-corrected chi connectivity index (χ2v) is 6.02. The molecule has 0 radical (unpaired) electrons. The Morgan fingerprint density at radius 3 is 2.46 bits per heavy atom. The van der Waals surface area contributed by atoms with Gasteiger partial charge in [0.15, 0.2) is 0 Å². The van der Waals surface area contributed by atoms with Crippen LogP contribution in [-0.2, 0) is 0 Å². The maximum absolute atomic E-state index is 12.3. The van der Waals surface area contributed by atoms with E-state index in [-0.39, 0.29) is 5.91 Å². The van der Waals surface area contributed by atoms with E-state index in [9.17, 15) is 4.79 Å². The van der Waals surface area contributed by atoms with E-state index in [4.69, 9.17) is 27.9 Å². The Kier molecular flexibility index (Phi) is 5.55. The second-order valence-electron chi connectivity index (χ2n) is 5.20. The number of ether oxygens (including phenoxy) is 1. The molecule has 2 N–H and O–H groups in total.